The highest BCUT2D eigenvalue weighted by Crippen LogP contribution is 2.49. The zero-order valence-corrected chi connectivity index (χ0v) is 18.6. The molecule has 3 atom stereocenters. The third-order valence-electron chi connectivity index (χ3n) is 7.86. The summed E-state index contributed by atoms with van der Waals surface area (Å²) in [6.45, 7) is 6.23. The molecule has 2 aromatic rings. The van der Waals surface area contributed by atoms with Crippen molar-refractivity contribution in [1.82, 2.24) is 24.8 Å². The summed E-state index contributed by atoms with van der Waals surface area (Å²) >= 11 is 0. The van der Waals surface area contributed by atoms with Crippen LogP contribution in [0.1, 0.15) is 32.6 Å². The molecular weight excluding hydrogens is 404 g/mol. The molecule has 7 rings (SSSR count). The van der Waals surface area contributed by atoms with E-state index in [1.807, 2.05) is 30.3 Å². The molecule has 5 aliphatic rings. The Labute approximate surface area is 188 Å². The maximum Gasteiger partial charge on any atom is 0.409 e. The van der Waals surface area contributed by atoms with Crippen LogP contribution in [0.15, 0.2) is 36.9 Å². The van der Waals surface area contributed by atoms with Crippen LogP contribution in [0.25, 0.3) is 11.3 Å². The number of ether oxygens (including phenoxy) is 1. The number of likely N-dealkylation sites (tertiary alicyclic amines) is 1. The lowest BCUT2D eigenvalue weighted by Gasteiger charge is -2.58. The Morgan fingerprint density at radius 2 is 2.00 bits per heavy atom. The molecule has 4 aliphatic heterocycles. The standard InChI is InChI=1S/C24H30N6O2/c1-2-32-23(31)29-15-24(16-29)6-5-17(11-24)28-13-18-10-19(14-28)30(18)22-20(4-3-7-27-22)21-12-25-8-9-26-21/h3-4,7-9,12,17-19H,2,5-6,10-11,13-16H2,1H3. The van der Waals surface area contributed by atoms with Gasteiger partial charge in [0.15, 0.2) is 0 Å². The first-order valence-corrected chi connectivity index (χ1v) is 11.8. The Kier molecular flexibility index (Phi) is 4.78. The van der Waals surface area contributed by atoms with E-state index in [-0.39, 0.29) is 6.09 Å². The molecule has 168 valence electrons. The van der Waals surface area contributed by atoms with Gasteiger partial charge >= 0.3 is 6.09 Å². The first kappa shape index (κ1) is 19.9. The molecule has 2 bridgehead atoms. The maximum atomic E-state index is 12.0. The topological polar surface area (TPSA) is 74.7 Å². The van der Waals surface area contributed by atoms with Gasteiger partial charge in [0.05, 0.1) is 18.5 Å². The fourth-order valence-corrected chi connectivity index (χ4v) is 6.41. The van der Waals surface area contributed by atoms with Crippen molar-refractivity contribution in [2.45, 2.75) is 50.7 Å². The quantitative estimate of drug-likeness (QED) is 0.732. The SMILES string of the molecule is CCOC(=O)N1CC2(CCC(N3CC4CC(C3)N4c3ncccc3-c3cnccn3)C2)C1. The summed E-state index contributed by atoms with van der Waals surface area (Å²) in [6.07, 6.45) is 11.9. The number of aromatic nitrogens is 3. The van der Waals surface area contributed by atoms with Gasteiger partial charge in [-0.2, -0.15) is 0 Å². The molecule has 1 amide bonds. The molecule has 32 heavy (non-hydrogen) atoms. The van der Waals surface area contributed by atoms with Crippen LogP contribution in [0.2, 0.25) is 0 Å². The third kappa shape index (κ3) is 3.23. The van der Waals surface area contributed by atoms with Gasteiger partial charge < -0.3 is 14.5 Å². The van der Waals surface area contributed by atoms with Gasteiger partial charge in [0.2, 0.25) is 0 Å². The molecule has 1 aliphatic carbocycles. The highest BCUT2D eigenvalue weighted by atomic mass is 16.6. The second kappa shape index (κ2) is 7.69. The normalized spacial score (nSPS) is 28.3. The number of piperazine rings is 1. The molecule has 8 nitrogen and oxygen atoms in total. The number of anilines is 1. The average Bonchev–Trinajstić information content (AvgIpc) is 3.25. The number of fused-ring (bicyclic) bond motifs is 2. The van der Waals surface area contributed by atoms with Crippen molar-refractivity contribution >= 4 is 11.9 Å². The van der Waals surface area contributed by atoms with E-state index in [2.05, 4.69) is 25.8 Å². The predicted octanol–water partition coefficient (Wildman–Crippen LogP) is 2.81. The number of rotatable bonds is 4. The lowest BCUT2D eigenvalue weighted by atomic mass is 9.78. The number of hydrogen-bond acceptors (Lipinski definition) is 7. The lowest BCUT2D eigenvalue weighted by molar-refractivity contribution is -0.00647. The summed E-state index contributed by atoms with van der Waals surface area (Å²) in [5, 5.41) is 0. The molecule has 3 unspecified atom stereocenters. The highest BCUT2D eigenvalue weighted by molar-refractivity contribution is 5.74. The number of hydrogen-bond donors (Lipinski definition) is 0. The van der Waals surface area contributed by atoms with Crippen LogP contribution in [-0.4, -0.2) is 81.8 Å². The summed E-state index contributed by atoms with van der Waals surface area (Å²) in [7, 11) is 0. The number of pyridine rings is 1. The zero-order chi connectivity index (χ0) is 21.7. The Bertz CT molecular complexity index is 983. The van der Waals surface area contributed by atoms with E-state index in [0.717, 1.165) is 43.3 Å². The molecule has 4 saturated heterocycles. The largest absolute Gasteiger partial charge is 0.450 e. The minimum Gasteiger partial charge on any atom is -0.450 e. The van der Waals surface area contributed by atoms with E-state index in [0.29, 0.717) is 30.1 Å². The van der Waals surface area contributed by atoms with Crippen LogP contribution >= 0.6 is 0 Å². The molecule has 8 heteroatoms. The minimum absolute atomic E-state index is 0.147. The summed E-state index contributed by atoms with van der Waals surface area (Å²) < 4.78 is 5.16. The van der Waals surface area contributed by atoms with Crippen LogP contribution in [0.4, 0.5) is 10.6 Å². The molecule has 5 fully saturated rings. The van der Waals surface area contributed by atoms with Crippen LogP contribution < -0.4 is 4.90 Å². The van der Waals surface area contributed by atoms with Gasteiger partial charge in [-0.25, -0.2) is 9.78 Å². The van der Waals surface area contributed by atoms with Crippen molar-refractivity contribution in [3.63, 3.8) is 0 Å². The number of carbonyl (C=O) groups excluding carboxylic acids is 1. The molecule has 6 heterocycles. The Balaban J connectivity index is 1.11. The molecule has 0 radical (unpaired) electrons. The van der Waals surface area contributed by atoms with Crippen LogP contribution in [0.3, 0.4) is 0 Å². The Morgan fingerprint density at radius 3 is 2.75 bits per heavy atom. The van der Waals surface area contributed by atoms with Gasteiger partial charge in [-0.1, -0.05) is 0 Å². The second-order valence-corrected chi connectivity index (χ2v) is 9.82. The smallest absolute Gasteiger partial charge is 0.409 e. The van der Waals surface area contributed by atoms with E-state index in [1.54, 1.807) is 12.4 Å². The summed E-state index contributed by atoms with van der Waals surface area (Å²) in [5.41, 5.74) is 2.27. The van der Waals surface area contributed by atoms with Crippen molar-refractivity contribution in [1.29, 1.82) is 0 Å². The second-order valence-electron chi connectivity index (χ2n) is 9.82. The zero-order valence-electron chi connectivity index (χ0n) is 18.6. The Morgan fingerprint density at radius 1 is 1.16 bits per heavy atom. The van der Waals surface area contributed by atoms with Gasteiger partial charge in [0, 0.05) is 73.9 Å². The Hall–Kier alpha value is -2.74. The highest BCUT2D eigenvalue weighted by Gasteiger charge is 2.54. The van der Waals surface area contributed by atoms with Gasteiger partial charge in [0.25, 0.3) is 0 Å². The van der Waals surface area contributed by atoms with Crippen molar-refractivity contribution in [2.24, 2.45) is 5.41 Å². The van der Waals surface area contributed by atoms with Crippen molar-refractivity contribution in [3.05, 3.63) is 36.9 Å². The molecule has 1 saturated carbocycles. The average molecular weight is 435 g/mol. The van der Waals surface area contributed by atoms with Crippen molar-refractivity contribution in [2.75, 3.05) is 37.7 Å². The number of amides is 1. The summed E-state index contributed by atoms with van der Waals surface area (Å²) in [5.74, 6) is 1.04. The number of carbonyl (C=O) groups is 1. The summed E-state index contributed by atoms with van der Waals surface area (Å²) in [4.78, 5) is 32.6. The fourth-order valence-electron chi connectivity index (χ4n) is 6.41. The van der Waals surface area contributed by atoms with Gasteiger partial charge in [0.1, 0.15) is 5.82 Å². The van der Waals surface area contributed by atoms with Crippen LogP contribution in [0, 0.1) is 5.41 Å². The predicted molar refractivity (Wildman–Crippen MR) is 120 cm³/mol. The van der Waals surface area contributed by atoms with E-state index in [4.69, 9.17) is 9.72 Å². The van der Waals surface area contributed by atoms with Crippen LogP contribution in [0.5, 0.6) is 0 Å². The maximum absolute atomic E-state index is 12.0. The molecule has 1 spiro atoms. The van der Waals surface area contributed by atoms with Gasteiger partial charge in [-0.3, -0.25) is 14.9 Å². The molecule has 0 aromatic carbocycles. The van der Waals surface area contributed by atoms with E-state index in [9.17, 15) is 4.79 Å². The third-order valence-corrected chi connectivity index (χ3v) is 7.86. The fraction of sp³-hybridized carbons (Fsp3) is 0.583. The lowest BCUT2D eigenvalue weighted by Crippen LogP contribution is -2.70. The molecule has 2 aromatic heterocycles. The molecular formula is C24H30N6O2. The van der Waals surface area contributed by atoms with Gasteiger partial charge in [-0.15, -0.1) is 0 Å². The first-order valence-electron chi connectivity index (χ1n) is 11.8. The monoisotopic (exact) mass is 434 g/mol. The first-order chi connectivity index (χ1) is 15.7. The van der Waals surface area contributed by atoms with Crippen molar-refractivity contribution < 1.29 is 9.53 Å². The summed E-state index contributed by atoms with van der Waals surface area (Å²) in [6, 6.07) is 5.73. The van der Waals surface area contributed by atoms with Crippen LogP contribution in [-0.2, 0) is 4.74 Å². The molecule has 0 N–H and O–H groups in total. The number of piperidine rings is 1. The van der Waals surface area contributed by atoms with Crippen molar-refractivity contribution in [3.8, 4) is 11.3 Å². The number of nitrogens with zero attached hydrogens (tertiary/aromatic N) is 6. The van der Waals surface area contributed by atoms with E-state index in [1.165, 1.54) is 25.7 Å². The van der Waals surface area contributed by atoms with Gasteiger partial charge in [-0.05, 0) is 44.7 Å². The minimum atomic E-state index is -0.147. The van der Waals surface area contributed by atoms with E-state index < -0.39 is 0 Å². The van der Waals surface area contributed by atoms with E-state index >= 15 is 0 Å².